The maximum Gasteiger partial charge on any atom is 0.124 e. The number of aliphatic hydroxyl groups is 1. The van der Waals surface area contributed by atoms with Crippen molar-refractivity contribution in [2.45, 2.75) is 12.6 Å². The first-order chi connectivity index (χ1) is 11.8. The van der Waals surface area contributed by atoms with Gasteiger partial charge in [0.05, 0.1) is 12.6 Å². The lowest BCUT2D eigenvalue weighted by Crippen LogP contribution is -2.46. The fourth-order valence-corrected chi connectivity index (χ4v) is 3.04. The normalized spacial score (nSPS) is 16.0. The Morgan fingerprint density at radius 1 is 1.08 bits per heavy atom. The topological polar surface area (TPSA) is 65.0 Å². The first-order valence-corrected chi connectivity index (χ1v) is 8.33. The molecule has 1 fully saturated rings. The van der Waals surface area contributed by atoms with Crippen LogP contribution in [0.4, 0.5) is 0 Å². The molecule has 0 saturated carbocycles. The minimum absolute atomic E-state index is 0. The number of aromatic hydroxyl groups is 1. The summed E-state index contributed by atoms with van der Waals surface area (Å²) >= 11 is 0. The maximum atomic E-state index is 10.4. The summed E-state index contributed by atoms with van der Waals surface area (Å²) in [5, 5.41) is 23.5. The highest BCUT2D eigenvalue weighted by Gasteiger charge is 2.24. The molecule has 0 amide bonds. The lowest BCUT2D eigenvalue weighted by Gasteiger charge is -2.34. The van der Waals surface area contributed by atoms with Crippen molar-refractivity contribution in [1.29, 1.82) is 0 Å². The van der Waals surface area contributed by atoms with Crippen LogP contribution < -0.4 is 10.1 Å². The van der Waals surface area contributed by atoms with Crippen molar-refractivity contribution in [3.8, 4) is 11.5 Å². The van der Waals surface area contributed by atoms with Gasteiger partial charge in [0.2, 0.25) is 0 Å². The van der Waals surface area contributed by atoms with Crippen LogP contribution in [0.2, 0.25) is 0 Å². The molecule has 0 radical (unpaired) electrons. The molecule has 5 nitrogen and oxygen atoms in total. The molecule has 0 aliphatic carbocycles. The van der Waals surface area contributed by atoms with Gasteiger partial charge in [0, 0.05) is 37.8 Å². The summed E-state index contributed by atoms with van der Waals surface area (Å²) in [6.45, 7) is 3.96. The van der Waals surface area contributed by atoms with Gasteiger partial charge < -0.3 is 20.3 Å². The Balaban J connectivity index is 0.00000225. The number of nitrogens with zero attached hydrogens (tertiary/aromatic N) is 1. The molecule has 2 aromatic carbocycles. The van der Waals surface area contributed by atoms with Crippen LogP contribution in [0.15, 0.2) is 48.5 Å². The highest BCUT2D eigenvalue weighted by atomic mass is 35.5. The number of benzene rings is 2. The fraction of sp³-hybridized carbons (Fsp3) is 0.368. The molecule has 136 valence electrons. The number of nitrogens with one attached hydrogen (secondary N) is 1. The SMILES string of the molecule is Cl.OC[C@H](c1ccc(OCc2ccccc2)cc1O)N1CCNCC1. The molecule has 3 N–H and O–H groups in total. The summed E-state index contributed by atoms with van der Waals surface area (Å²) < 4.78 is 5.74. The van der Waals surface area contributed by atoms with Gasteiger partial charge in [0.15, 0.2) is 0 Å². The van der Waals surface area contributed by atoms with Crippen LogP contribution in [0.5, 0.6) is 11.5 Å². The highest BCUT2D eigenvalue weighted by Crippen LogP contribution is 2.32. The van der Waals surface area contributed by atoms with Crippen LogP contribution in [0, 0.1) is 0 Å². The number of aliphatic hydroxyl groups excluding tert-OH is 1. The van der Waals surface area contributed by atoms with E-state index in [1.807, 2.05) is 42.5 Å². The van der Waals surface area contributed by atoms with Gasteiger partial charge in [-0.2, -0.15) is 0 Å². The molecule has 3 rings (SSSR count). The number of phenolic OH excluding ortho intramolecular Hbond substituents is 1. The molecule has 0 aromatic heterocycles. The Morgan fingerprint density at radius 2 is 1.80 bits per heavy atom. The molecule has 1 aliphatic rings. The first kappa shape index (κ1) is 19.5. The van der Waals surface area contributed by atoms with Gasteiger partial charge >= 0.3 is 0 Å². The number of halogens is 1. The van der Waals surface area contributed by atoms with E-state index in [1.54, 1.807) is 6.07 Å². The Morgan fingerprint density at radius 3 is 2.44 bits per heavy atom. The number of hydrogen-bond acceptors (Lipinski definition) is 5. The molecule has 25 heavy (non-hydrogen) atoms. The number of piperazine rings is 1. The average molecular weight is 365 g/mol. The third kappa shape index (κ3) is 5.09. The minimum Gasteiger partial charge on any atom is -0.507 e. The second-order valence-electron chi connectivity index (χ2n) is 5.98. The fourth-order valence-electron chi connectivity index (χ4n) is 3.04. The van der Waals surface area contributed by atoms with E-state index in [0.717, 1.165) is 37.3 Å². The Kier molecular flexibility index (Phi) is 7.52. The van der Waals surface area contributed by atoms with Crippen molar-refractivity contribution in [2.24, 2.45) is 0 Å². The van der Waals surface area contributed by atoms with E-state index in [0.29, 0.717) is 12.4 Å². The number of ether oxygens (including phenoxy) is 1. The molecule has 1 saturated heterocycles. The second-order valence-corrected chi connectivity index (χ2v) is 5.98. The lowest BCUT2D eigenvalue weighted by atomic mass is 10.0. The summed E-state index contributed by atoms with van der Waals surface area (Å²) in [4.78, 5) is 2.19. The van der Waals surface area contributed by atoms with Gasteiger partial charge in [-0.15, -0.1) is 12.4 Å². The van der Waals surface area contributed by atoms with E-state index in [-0.39, 0.29) is 30.8 Å². The quantitative estimate of drug-likeness (QED) is 0.734. The van der Waals surface area contributed by atoms with Crippen molar-refractivity contribution < 1.29 is 14.9 Å². The van der Waals surface area contributed by atoms with Crippen LogP contribution in [0.1, 0.15) is 17.2 Å². The van der Waals surface area contributed by atoms with Crippen LogP contribution in [0.3, 0.4) is 0 Å². The van der Waals surface area contributed by atoms with E-state index >= 15 is 0 Å². The molecule has 0 unspecified atom stereocenters. The summed E-state index contributed by atoms with van der Waals surface area (Å²) in [6, 6.07) is 15.0. The summed E-state index contributed by atoms with van der Waals surface area (Å²) in [5.74, 6) is 0.787. The molecule has 0 spiro atoms. The molecule has 2 aromatic rings. The molecule has 1 heterocycles. The van der Waals surface area contributed by atoms with Crippen molar-refractivity contribution >= 4 is 12.4 Å². The van der Waals surface area contributed by atoms with Crippen molar-refractivity contribution in [3.63, 3.8) is 0 Å². The largest absolute Gasteiger partial charge is 0.507 e. The van der Waals surface area contributed by atoms with E-state index in [1.165, 1.54) is 0 Å². The van der Waals surface area contributed by atoms with Crippen molar-refractivity contribution in [1.82, 2.24) is 10.2 Å². The Labute approximate surface area is 154 Å². The predicted octanol–water partition coefficient (Wildman–Crippen LogP) is 2.33. The molecule has 1 atom stereocenters. The zero-order valence-corrected chi connectivity index (χ0v) is 14.9. The molecule has 1 aliphatic heterocycles. The maximum absolute atomic E-state index is 10.4. The van der Waals surface area contributed by atoms with Crippen LogP contribution in [0.25, 0.3) is 0 Å². The Bertz CT molecular complexity index is 648. The zero-order valence-electron chi connectivity index (χ0n) is 14.1. The Hall–Kier alpha value is -1.79. The lowest BCUT2D eigenvalue weighted by molar-refractivity contribution is 0.109. The van der Waals surface area contributed by atoms with Gasteiger partial charge in [-0.1, -0.05) is 30.3 Å². The van der Waals surface area contributed by atoms with Crippen molar-refractivity contribution in [2.75, 3.05) is 32.8 Å². The summed E-state index contributed by atoms with van der Waals surface area (Å²) in [6.07, 6.45) is 0. The average Bonchev–Trinajstić information content (AvgIpc) is 2.64. The smallest absolute Gasteiger partial charge is 0.124 e. The summed E-state index contributed by atoms with van der Waals surface area (Å²) in [5.41, 5.74) is 1.82. The van der Waals surface area contributed by atoms with E-state index in [2.05, 4.69) is 10.2 Å². The highest BCUT2D eigenvalue weighted by molar-refractivity contribution is 5.85. The predicted molar refractivity (Wildman–Crippen MR) is 100 cm³/mol. The second kappa shape index (κ2) is 9.63. The van der Waals surface area contributed by atoms with E-state index in [9.17, 15) is 10.2 Å². The molecule has 0 bridgehead atoms. The standard InChI is InChI=1S/C19H24N2O3.ClH/c22-13-18(21-10-8-20-9-11-21)17-7-6-16(12-19(17)23)24-14-15-4-2-1-3-5-15;/h1-7,12,18,20,22-23H,8-11,13-14H2;1H/t18-;/m1./s1. The van der Waals surface area contributed by atoms with E-state index < -0.39 is 0 Å². The minimum atomic E-state index is -0.185. The monoisotopic (exact) mass is 364 g/mol. The van der Waals surface area contributed by atoms with Gasteiger partial charge in [-0.3, -0.25) is 4.90 Å². The van der Waals surface area contributed by atoms with Gasteiger partial charge in [0.25, 0.3) is 0 Å². The third-order valence-electron chi connectivity index (χ3n) is 4.37. The van der Waals surface area contributed by atoms with Crippen LogP contribution >= 0.6 is 12.4 Å². The van der Waals surface area contributed by atoms with Crippen LogP contribution in [-0.4, -0.2) is 47.9 Å². The van der Waals surface area contributed by atoms with Crippen molar-refractivity contribution in [3.05, 3.63) is 59.7 Å². The summed E-state index contributed by atoms with van der Waals surface area (Å²) in [7, 11) is 0. The number of phenols is 1. The van der Waals surface area contributed by atoms with Gasteiger partial charge in [0.1, 0.15) is 18.1 Å². The van der Waals surface area contributed by atoms with Gasteiger partial charge in [-0.05, 0) is 17.7 Å². The molecular weight excluding hydrogens is 340 g/mol. The number of hydrogen-bond donors (Lipinski definition) is 3. The zero-order chi connectivity index (χ0) is 16.8. The third-order valence-corrected chi connectivity index (χ3v) is 4.37. The van der Waals surface area contributed by atoms with Crippen LogP contribution in [-0.2, 0) is 6.61 Å². The number of rotatable bonds is 6. The van der Waals surface area contributed by atoms with Gasteiger partial charge in [-0.25, -0.2) is 0 Å². The molecular formula is C19H25ClN2O3. The van der Waals surface area contributed by atoms with E-state index in [4.69, 9.17) is 4.74 Å². The molecule has 6 heteroatoms. The first-order valence-electron chi connectivity index (χ1n) is 8.33.